The number of sulfonamides is 1. The summed E-state index contributed by atoms with van der Waals surface area (Å²) in [6.45, 7) is 5.70. The lowest BCUT2D eigenvalue weighted by molar-refractivity contribution is -0.140. The van der Waals surface area contributed by atoms with Gasteiger partial charge in [0, 0.05) is 19.5 Å². The predicted molar refractivity (Wildman–Crippen MR) is 180 cm³/mol. The zero-order valence-electron chi connectivity index (χ0n) is 26.7. The van der Waals surface area contributed by atoms with Gasteiger partial charge in [0.2, 0.25) is 11.8 Å². The van der Waals surface area contributed by atoms with Gasteiger partial charge in [0.25, 0.3) is 10.0 Å². The standard InChI is InChI=1S/C37H42FN3O4S/c1-4-6-24-39-37(43)35(25-29-12-8-7-9-13-29)40(26-30-18-20-32(38)21-19-30)36(42)27-41(34-15-11-10-14-31(34)5-2)46(44,45)33-22-16-28(3)17-23-33/h7-23,35H,4-6,24-27H2,1-3H3,(H,39,43). The highest BCUT2D eigenvalue weighted by molar-refractivity contribution is 7.92. The number of amides is 2. The molecule has 0 saturated carbocycles. The number of nitrogens with zero attached hydrogens (tertiary/aromatic N) is 2. The van der Waals surface area contributed by atoms with Crippen LogP contribution in [0.4, 0.5) is 10.1 Å². The number of benzene rings is 4. The molecule has 4 rings (SSSR count). The Labute approximate surface area is 272 Å². The average Bonchev–Trinajstić information content (AvgIpc) is 3.06. The molecule has 1 unspecified atom stereocenters. The Morgan fingerprint density at radius 2 is 1.48 bits per heavy atom. The number of carbonyl (C=O) groups excluding carboxylic acids is 2. The third kappa shape index (κ3) is 8.81. The average molecular weight is 644 g/mol. The Kier molecular flexibility index (Phi) is 12.1. The molecule has 1 atom stereocenters. The van der Waals surface area contributed by atoms with Crippen LogP contribution in [0.2, 0.25) is 0 Å². The van der Waals surface area contributed by atoms with E-state index >= 15 is 0 Å². The van der Waals surface area contributed by atoms with Gasteiger partial charge in [-0.25, -0.2) is 12.8 Å². The van der Waals surface area contributed by atoms with Gasteiger partial charge in [0.05, 0.1) is 10.6 Å². The Bertz CT molecular complexity index is 1700. The number of hydrogen-bond donors (Lipinski definition) is 1. The minimum Gasteiger partial charge on any atom is -0.354 e. The maximum atomic E-state index is 14.6. The lowest BCUT2D eigenvalue weighted by Crippen LogP contribution is -2.53. The molecule has 0 fully saturated rings. The molecule has 242 valence electrons. The lowest BCUT2D eigenvalue weighted by Gasteiger charge is -2.34. The molecule has 0 saturated heterocycles. The van der Waals surface area contributed by atoms with Crippen molar-refractivity contribution in [1.82, 2.24) is 10.2 Å². The van der Waals surface area contributed by atoms with E-state index in [0.29, 0.717) is 24.2 Å². The van der Waals surface area contributed by atoms with Crippen molar-refractivity contribution < 1.29 is 22.4 Å². The van der Waals surface area contributed by atoms with Crippen molar-refractivity contribution in [2.24, 2.45) is 0 Å². The van der Waals surface area contributed by atoms with Crippen molar-refractivity contribution in [3.05, 3.63) is 131 Å². The first-order valence-electron chi connectivity index (χ1n) is 15.7. The third-order valence-electron chi connectivity index (χ3n) is 7.90. The zero-order chi connectivity index (χ0) is 33.1. The van der Waals surface area contributed by atoms with Crippen LogP contribution in [-0.4, -0.2) is 44.3 Å². The van der Waals surface area contributed by atoms with Crippen LogP contribution in [0.5, 0.6) is 0 Å². The molecule has 0 aliphatic carbocycles. The van der Waals surface area contributed by atoms with Gasteiger partial charge in [-0.3, -0.25) is 13.9 Å². The molecule has 0 heterocycles. The Morgan fingerprint density at radius 3 is 2.13 bits per heavy atom. The van der Waals surface area contributed by atoms with Gasteiger partial charge in [-0.2, -0.15) is 0 Å². The van der Waals surface area contributed by atoms with E-state index in [0.717, 1.165) is 33.8 Å². The number of unbranched alkanes of at least 4 members (excludes halogenated alkanes) is 1. The van der Waals surface area contributed by atoms with Crippen LogP contribution < -0.4 is 9.62 Å². The van der Waals surface area contributed by atoms with Gasteiger partial charge in [0.1, 0.15) is 18.4 Å². The zero-order valence-corrected chi connectivity index (χ0v) is 27.5. The van der Waals surface area contributed by atoms with Crippen molar-refractivity contribution in [2.45, 2.75) is 63.9 Å². The van der Waals surface area contributed by atoms with Gasteiger partial charge in [0.15, 0.2) is 0 Å². The van der Waals surface area contributed by atoms with E-state index in [4.69, 9.17) is 0 Å². The number of nitrogens with one attached hydrogen (secondary N) is 1. The maximum Gasteiger partial charge on any atom is 0.264 e. The molecule has 0 bridgehead atoms. The fourth-order valence-corrected chi connectivity index (χ4v) is 6.70. The number of anilines is 1. The molecule has 7 nitrogen and oxygen atoms in total. The minimum absolute atomic E-state index is 0.0222. The van der Waals surface area contributed by atoms with Crippen molar-refractivity contribution in [2.75, 3.05) is 17.4 Å². The molecular weight excluding hydrogens is 601 g/mol. The lowest BCUT2D eigenvalue weighted by atomic mass is 10.0. The van der Waals surface area contributed by atoms with Gasteiger partial charge in [-0.05, 0) is 66.8 Å². The Balaban J connectivity index is 1.81. The molecule has 2 amide bonds. The second-order valence-corrected chi connectivity index (χ2v) is 13.2. The second kappa shape index (κ2) is 16.2. The van der Waals surface area contributed by atoms with Crippen molar-refractivity contribution >= 4 is 27.5 Å². The third-order valence-corrected chi connectivity index (χ3v) is 9.67. The first-order valence-corrected chi connectivity index (χ1v) is 17.1. The van der Waals surface area contributed by atoms with E-state index < -0.39 is 34.3 Å². The van der Waals surface area contributed by atoms with Crippen LogP contribution in [0.1, 0.15) is 48.9 Å². The van der Waals surface area contributed by atoms with Crippen molar-refractivity contribution in [3.8, 4) is 0 Å². The minimum atomic E-state index is -4.20. The summed E-state index contributed by atoms with van der Waals surface area (Å²) in [5.74, 6) is -1.32. The summed E-state index contributed by atoms with van der Waals surface area (Å²) in [5.41, 5.74) is 3.51. The Hall–Kier alpha value is -4.50. The monoisotopic (exact) mass is 643 g/mol. The summed E-state index contributed by atoms with van der Waals surface area (Å²) in [7, 11) is -4.20. The van der Waals surface area contributed by atoms with Gasteiger partial charge in [-0.15, -0.1) is 0 Å². The fraction of sp³-hybridized carbons (Fsp3) is 0.297. The quantitative estimate of drug-likeness (QED) is 0.151. The highest BCUT2D eigenvalue weighted by Crippen LogP contribution is 2.29. The van der Waals surface area contributed by atoms with Crippen LogP contribution >= 0.6 is 0 Å². The largest absolute Gasteiger partial charge is 0.354 e. The summed E-state index contributed by atoms with van der Waals surface area (Å²) < 4.78 is 43.5. The summed E-state index contributed by atoms with van der Waals surface area (Å²) in [6.07, 6.45) is 2.40. The maximum absolute atomic E-state index is 14.6. The molecule has 4 aromatic rings. The highest BCUT2D eigenvalue weighted by atomic mass is 32.2. The van der Waals surface area contributed by atoms with Gasteiger partial charge < -0.3 is 10.2 Å². The predicted octanol–water partition coefficient (Wildman–Crippen LogP) is 6.45. The van der Waals surface area contributed by atoms with E-state index in [-0.39, 0.29) is 23.8 Å². The number of para-hydroxylation sites is 1. The molecule has 9 heteroatoms. The number of aryl methyl sites for hydroxylation is 2. The Morgan fingerprint density at radius 1 is 0.826 bits per heavy atom. The van der Waals surface area contributed by atoms with E-state index in [2.05, 4.69) is 5.32 Å². The first kappa shape index (κ1) is 34.4. The van der Waals surface area contributed by atoms with Crippen LogP contribution in [0.15, 0.2) is 108 Å². The molecule has 0 spiro atoms. The van der Waals surface area contributed by atoms with Crippen LogP contribution in [0.25, 0.3) is 0 Å². The van der Waals surface area contributed by atoms with Gasteiger partial charge in [-0.1, -0.05) is 98.6 Å². The summed E-state index contributed by atoms with van der Waals surface area (Å²) in [5, 5.41) is 2.97. The van der Waals surface area contributed by atoms with Crippen molar-refractivity contribution in [3.63, 3.8) is 0 Å². The molecule has 46 heavy (non-hydrogen) atoms. The van der Waals surface area contributed by atoms with Gasteiger partial charge >= 0.3 is 0 Å². The molecule has 0 aromatic heterocycles. The van der Waals surface area contributed by atoms with Crippen LogP contribution in [0, 0.1) is 12.7 Å². The molecule has 1 N–H and O–H groups in total. The molecule has 0 aliphatic rings. The topological polar surface area (TPSA) is 86.8 Å². The summed E-state index contributed by atoms with van der Waals surface area (Å²) >= 11 is 0. The summed E-state index contributed by atoms with van der Waals surface area (Å²) in [4.78, 5) is 29.9. The molecule has 4 aromatic carbocycles. The second-order valence-electron chi connectivity index (χ2n) is 11.3. The van der Waals surface area contributed by atoms with Crippen molar-refractivity contribution in [1.29, 1.82) is 0 Å². The first-order chi connectivity index (χ1) is 22.1. The number of hydrogen-bond acceptors (Lipinski definition) is 4. The molecule has 0 aliphatic heterocycles. The summed E-state index contributed by atoms with van der Waals surface area (Å²) in [6, 6.07) is 27.8. The number of halogens is 1. The smallest absolute Gasteiger partial charge is 0.264 e. The SMILES string of the molecule is CCCCNC(=O)C(Cc1ccccc1)N(Cc1ccc(F)cc1)C(=O)CN(c1ccccc1CC)S(=O)(=O)c1ccc(C)cc1. The molecule has 0 radical (unpaired) electrons. The fourth-order valence-electron chi connectivity index (χ4n) is 5.25. The van der Waals surface area contributed by atoms with E-state index in [9.17, 15) is 22.4 Å². The van der Waals surface area contributed by atoms with E-state index in [1.54, 1.807) is 36.4 Å². The van der Waals surface area contributed by atoms with Crippen LogP contribution in [0.3, 0.4) is 0 Å². The number of rotatable bonds is 15. The highest BCUT2D eigenvalue weighted by Gasteiger charge is 2.35. The molecular formula is C37H42FN3O4S. The van der Waals surface area contributed by atoms with E-state index in [1.165, 1.54) is 29.2 Å². The normalized spacial score (nSPS) is 11.9. The van der Waals surface area contributed by atoms with E-state index in [1.807, 2.05) is 63.2 Å². The van der Waals surface area contributed by atoms with Crippen LogP contribution in [-0.2, 0) is 39.0 Å². The number of carbonyl (C=O) groups is 2.